The number of hydrogen-bond acceptors (Lipinski definition) is 4. The number of rotatable bonds is 6. The summed E-state index contributed by atoms with van der Waals surface area (Å²) in [6.45, 7) is -0.478. The van der Waals surface area contributed by atoms with Gasteiger partial charge in [0, 0.05) is 49.5 Å². The lowest BCUT2D eigenvalue weighted by Crippen LogP contribution is -2.58. The van der Waals surface area contributed by atoms with Crippen molar-refractivity contribution in [2.24, 2.45) is 0 Å². The van der Waals surface area contributed by atoms with Crippen LogP contribution in [0.4, 0.5) is 19.3 Å². The molecule has 2 heterocycles. The fourth-order valence-corrected chi connectivity index (χ4v) is 4.13. The minimum absolute atomic E-state index is 0.0234. The van der Waals surface area contributed by atoms with Gasteiger partial charge >= 0.3 is 12.6 Å². The Balaban J connectivity index is 1.36. The lowest BCUT2D eigenvalue weighted by Gasteiger charge is -2.40. The number of carbonyl (C=O) groups is 2. The zero-order valence-corrected chi connectivity index (χ0v) is 16.8. The standard InChI is InChI=1S/C22H24F2N4O3/c23-21(24)31-19-8-4-5-15(11-19)20(29)25-12-18-14-28(17-9-10-27(18)13-17)22(30)26-16-6-2-1-3-7-16/h1-8,11,17-18,21H,9-10,12-14H2,(H,25,29)(H,26,30)/t17-,18-/m0/s1. The van der Waals surface area contributed by atoms with Crippen LogP contribution in [0.5, 0.6) is 5.75 Å². The monoisotopic (exact) mass is 430 g/mol. The number of halogens is 2. The molecule has 7 nitrogen and oxygen atoms in total. The van der Waals surface area contributed by atoms with Gasteiger partial charge in [0.05, 0.1) is 0 Å². The van der Waals surface area contributed by atoms with Crippen LogP contribution in [-0.4, -0.2) is 66.6 Å². The zero-order chi connectivity index (χ0) is 21.8. The van der Waals surface area contributed by atoms with E-state index in [2.05, 4.69) is 20.3 Å². The molecule has 2 saturated heterocycles. The van der Waals surface area contributed by atoms with Crippen LogP contribution in [0.1, 0.15) is 16.8 Å². The Morgan fingerprint density at radius 1 is 1.10 bits per heavy atom. The van der Waals surface area contributed by atoms with E-state index in [0.29, 0.717) is 13.1 Å². The molecular weight excluding hydrogens is 406 g/mol. The summed E-state index contributed by atoms with van der Waals surface area (Å²) in [6.07, 6.45) is 0.889. The molecule has 0 spiro atoms. The van der Waals surface area contributed by atoms with Crippen molar-refractivity contribution in [2.75, 3.05) is 31.5 Å². The highest BCUT2D eigenvalue weighted by atomic mass is 19.3. The topological polar surface area (TPSA) is 73.9 Å². The van der Waals surface area contributed by atoms with Crippen LogP contribution in [0.2, 0.25) is 0 Å². The first-order chi connectivity index (χ1) is 15.0. The van der Waals surface area contributed by atoms with E-state index in [4.69, 9.17) is 0 Å². The molecule has 1 unspecified atom stereocenters. The van der Waals surface area contributed by atoms with Crippen molar-refractivity contribution in [2.45, 2.75) is 25.1 Å². The maximum absolute atomic E-state index is 12.8. The first-order valence-corrected chi connectivity index (χ1v) is 10.2. The molecule has 2 N–H and O–H groups in total. The summed E-state index contributed by atoms with van der Waals surface area (Å²) < 4.78 is 29.2. The Hall–Kier alpha value is -3.20. The van der Waals surface area contributed by atoms with Crippen molar-refractivity contribution in [3.8, 4) is 5.75 Å². The first-order valence-electron chi connectivity index (χ1n) is 10.2. The smallest absolute Gasteiger partial charge is 0.387 e. The number of nitrogens with zero attached hydrogens (tertiary/aromatic N) is 2. The van der Waals surface area contributed by atoms with Crippen LogP contribution < -0.4 is 15.4 Å². The predicted octanol–water partition coefficient (Wildman–Crippen LogP) is 3.01. The summed E-state index contributed by atoms with van der Waals surface area (Å²) >= 11 is 0. The highest BCUT2D eigenvalue weighted by Gasteiger charge is 2.40. The first kappa shape index (κ1) is 21.0. The van der Waals surface area contributed by atoms with Crippen LogP contribution in [-0.2, 0) is 0 Å². The Morgan fingerprint density at radius 3 is 2.68 bits per heavy atom. The lowest BCUT2D eigenvalue weighted by molar-refractivity contribution is -0.0498. The van der Waals surface area contributed by atoms with Crippen LogP contribution in [0, 0.1) is 0 Å². The molecule has 2 aromatic rings. The van der Waals surface area contributed by atoms with Crippen molar-refractivity contribution in [1.82, 2.24) is 15.1 Å². The SMILES string of the molecule is O=C(NC[C@H]1CN(C(=O)Nc2ccccc2)[C@H]2CCN1C2)c1cccc(OC(F)F)c1. The molecule has 0 aromatic heterocycles. The summed E-state index contributed by atoms with van der Waals surface area (Å²) in [5.41, 5.74) is 0.982. The third-order valence-corrected chi connectivity index (χ3v) is 5.66. The molecule has 2 aliphatic rings. The number of para-hydroxylation sites is 1. The molecule has 0 radical (unpaired) electrons. The molecule has 31 heavy (non-hydrogen) atoms. The molecular formula is C22H24F2N4O3. The number of piperazine rings is 1. The summed E-state index contributed by atoms with van der Waals surface area (Å²) in [6, 6.07) is 15.0. The van der Waals surface area contributed by atoms with E-state index in [-0.39, 0.29) is 35.3 Å². The van der Waals surface area contributed by atoms with Gasteiger partial charge in [-0.25, -0.2) is 4.79 Å². The van der Waals surface area contributed by atoms with Crippen molar-refractivity contribution >= 4 is 17.6 Å². The van der Waals surface area contributed by atoms with E-state index in [0.717, 1.165) is 25.2 Å². The predicted molar refractivity (Wildman–Crippen MR) is 111 cm³/mol. The zero-order valence-electron chi connectivity index (χ0n) is 16.8. The largest absolute Gasteiger partial charge is 0.435 e. The number of benzene rings is 2. The van der Waals surface area contributed by atoms with Gasteiger partial charge in [-0.2, -0.15) is 8.78 Å². The Morgan fingerprint density at radius 2 is 1.90 bits per heavy atom. The van der Waals surface area contributed by atoms with Gasteiger partial charge in [0.25, 0.3) is 5.91 Å². The van der Waals surface area contributed by atoms with Crippen molar-refractivity contribution in [3.63, 3.8) is 0 Å². The third kappa shape index (κ3) is 5.11. The number of amides is 3. The van der Waals surface area contributed by atoms with Gasteiger partial charge in [0.15, 0.2) is 0 Å². The van der Waals surface area contributed by atoms with Crippen molar-refractivity contribution in [3.05, 3.63) is 60.2 Å². The van der Waals surface area contributed by atoms with Gasteiger partial charge in [-0.1, -0.05) is 24.3 Å². The van der Waals surface area contributed by atoms with Crippen LogP contribution in [0.25, 0.3) is 0 Å². The Kier molecular flexibility index (Phi) is 6.31. The number of anilines is 1. The summed E-state index contributed by atoms with van der Waals surface area (Å²) in [5.74, 6) is -0.437. The van der Waals surface area contributed by atoms with Crippen LogP contribution in [0.15, 0.2) is 54.6 Å². The van der Waals surface area contributed by atoms with Crippen molar-refractivity contribution in [1.29, 1.82) is 0 Å². The van der Waals surface area contributed by atoms with Gasteiger partial charge < -0.3 is 20.3 Å². The van der Waals surface area contributed by atoms with Crippen molar-refractivity contribution < 1.29 is 23.1 Å². The molecule has 0 saturated carbocycles. The molecule has 3 atom stereocenters. The van der Waals surface area contributed by atoms with E-state index in [1.165, 1.54) is 18.2 Å². The maximum atomic E-state index is 12.8. The second-order valence-corrected chi connectivity index (χ2v) is 7.66. The molecule has 0 aliphatic carbocycles. The highest BCUT2D eigenvalue weighted by molar-refractivity contribution is 5.94. The number of ether oxygens (including phenoxy) is 1. The molecule has 2 aliphatic heterocycles. The van der Waals surface area contributed by atoms with Crippen LogP contribution in [0.3, 0.4) is 0 Å². The fourth-order valence-electron chi connectivity index (χ4n) is 4.13. The molecule has 4 rings (SSSR count). The van der Waals surface area contributed by atoms with E-state index >= 15 is 0 Å². The summed E-state index contributed by atoms with van der Waals surface area (Å²) in [7, 11) is 0. The Labute approximate surface area is 179 Å². The van der Waals surface area contributed by atoms with Gasteiger partial charge in [-0.3, -0.25) is 9.69 Å². The minimum Gasteiger partial charge on any atom is -0.435 e. The highest BCUT2D eigenvalue weighted by Crippen LogP contribution is 2.25. The second-order valence-electron chi connectivity index (χ2n) is 7.66. The molecule has 2 bridgehead atoms. The maximum Gasteiger partial charge on any atom is 0.387 e. The normalized spacial score (nSPS) is 22.3. The lowest BCUT2D eigenvalue weighted by atomic mass is 10.1. The molecule has 164 valence electrons. The fraction of sp³-hybridized carbons (Fsp3) is 0.364. The van der Waals surface area contributed by atoms with E-state index in [1.54, 1.807) is 6.07 Å². The number of urea groups is 1. The van der Waals surface area contributed by atoms with Gasteiger partial charge in [-0.05, 0) is 36.8 Å². The van der Waals surface area contributed by atoms with Gasteiger partial charge in [0.1, 0.15) is 5.75 Å². The molecule has 9 heteroatoms. The summed E-state index contributed by atoms with van der Waals surface area (Å²) in [4.78, 5) is 29.5. The molecule has 2 aromatic carbocycles. The quantitative estimate of drug-likeness (QED) is 0.739. The Bertz CT molecular complexity index is 928. The number of fused-ring (bicyclic) bond motifs is 2. The average Bonchev–Trinajstić information content (AvgIpc) is 3.17. The third-order valence-electron chi connectivity index (χ3n) is 5.66. The second kappa shape index (κ2) is 9.30. The number of hydrogen-bond donors (Lipinski definition) is 2. The van der Waals surface area contributed by atoms with E-state index in [1.807, 2.05) is 35.2 Å². The number of alkyl halides is 2. The number of carbonyl (C=O) groups excluding carboxylic acids is 2. The van der Waals surface area contributed by atoms with Gasteiger partial charge in [-0.15, -0.1) is 0 Å². The van der Waals surface area contributed by atoms with E-state index < -0.39 is 6.61 Å². The molecule has 2 fully saturated rings. The van der Waals surface area contributed by atoms with Crippen LogP contribution >= 0.6 is 0 Å². The van der Waals surface area contributed by atoms with Gasteiger partial charge in [0.2, 0.25) is 0 Å². The summed E-state index contributed by atoms with van der Waals surface area (Å²) in [5, 5.41) is 5.79. The average molecular weight is 430 g/mol. The number of nitrogens with one attached hydrogen (secondary N) is 2. The van der Waals surface area contributed by atoms with E-state index in [9.17, 15) is 18.4 Å². The molecule has 3 amide bonds. The minimum atomic E-state index is -2.95.